The molecule has 0 bridgehead atoms. The van der Waals surface area contributed by atoms with Gasteiger partial charge in [0.15, 0.2) is 6.10 Å². The van der Waals surface area contributed by atoms with E-state index in [2.05, 4.69) is 19.1 Å². The quantitative estimate of drug-likeness (QED) is 0.439. The van der Waals surface area contributed by atoms with E-state index in [-0.39, 0.29) is 0 Å². The molecule has 3 rings (SSSR count). The zero-order valence-corrected chi connectivity index (χ0v) is 16.6. The number of esters is 1. The minimum atomic E-state index is -0.783. The van der Waals surface area contributed by atoms with E-state index < -0.39 is 12.1 Å². The fraction of sp³-hybridized carbons (Fsp3) is 0.208. The fourth-order valence-corrected chi connectivity index (χ4v) is 2.93. The van der Waals surface area contributed by atoms with Crippen molar-refractivity contribution in [2.75, 3.05) is 0 Å². The van der Waals surface area contributed by atoms with Gasteiger partial charge < -0.3 is 4.74 Å². The molecule has 0 spiro atoms. The third kappa shape index (κ3) is 5.43. The molecule has 0 radical (unpaired) electrons. The summed E-state index contributed by atoms with van der Waals surface area (Å²) in [4.78, 5) is 11.9. The zero-order valence-electron chi connectivity index (χ0n) is 16.6. The van der Waals surface area contributed by atoms with Gasteiger partial charge in [0.2, 0.25) is 0 Å². The molecule has 0 aliphatic heterocycles. The fourth-order valence-electron chi connectivity index (χ4n) is 2.93. The van der Waals surface area contributed by atoms with Gasteiger partial charge in [-0.2, -0.15) is 10.4 Å². The van der Waals surface area contributed by atoms with Crippen LogP contribution in [-0.4, -0.2) is 21.9 Å². The Bertz CT molecular complexity index is 1030. The topological polar surface area (TPSA) is 67.9 Å². The molecule has 0 fully saturated rings. The summed E-state index contributed by atoms with van der Waals surface area (Å²) in [6, 6.07) is 20.2. The molecule has 0 unspecified atom stereocenters. The van der Waals surface area contributed by atoms with E-state index in [1.54, 1.807) is 6.08 Å². The van der Waals surface area contributed by atoms with Crippen LogP contribution in [0.15, 0.2) is 66.9 Å². The average Bonchev–Trinajstić information content (AvgIpc) is 3.15. The van der Waals surface area contributed by atoms with E-state index in [4.69, 9.17) is 15.1 Å². The van der Waals surface area contributed by atoms with E-state index in [0.717, 1.165) is 28.8 Å². The van der Waals surface area contributed by atoms with Gasteiger partial charge in [0.1, 0.15) is 6.07 Å². The van der Waals surface area contributed by atoms with Crippen molar-refractivity contribution < 1.29 is 9.53 Å². The summed E-state index contributed by atoms with van der Waals surface area (Å²) in [5, 5.41) is 13.5. The molecule has 1 heterocycles. The van der Waals surface area contributed by atoms with E-state index in [1.807, 2.05) is 59.4 Å². The van der Waals surface area contributed by atoms with Crippen molar-refractivity contribution in [3.05, 3.63) is 83.6 Å². The Kier molecular flexibility index (Phi) is 6.59. The van der Waals surface area contributed by atoms with E-state index in [9.17, 15) is 4.79 Å². The van der Waals surface area contributed by atoms with Crippen LogP contribution in [0.1, 0.15) is 30.5 Å². The van der Waals surface area contributed by atoms with Crippen LogP contribution in [0.3, 0.4) is 0 Å². The Morgan fingerprint density at radius 2 is 1.90 bits per heavy atom. The molecule has 29 heavy (non-hydrogen) atoms. The second kappa shape index (κ2) is 9.52. The number of rotatable bonds is 7. The lowest BCUT2D eigenvalue weighted by atomic mass is 10.0. The number of hydrogen-bond acceptors (Lipinski definition) is 4. The third-order valence-corrected chi connectivity index (χ3v) is 4.49. The first-order chi connectivity index (χ1) is 14.1. The molecular formula is C24H23N3O2. The van der Waals surface area contributed by atoms with Crippen molar-refractivity contribution in [3.63, 3.8) is 0 Å². The van der Waals surface area contributed by atoms with Crippen molar-refractivity contribution in [1.82, 2.24) is 9.78 Å². The summed E-state index contributed by atoms with van der Waals surface area (Å²) in [5.41, 5.74) is 4.98. The van der Waals surface area contributed by atoms with Crippen LogP contribution in [0.4, 0.5) is 0 Å². The van der Waals surface area contributed by atoms with Crippen molar-refractivity contribution in [3.8, 4) is 17.3 Å². The van der Waals surface area contributed by atoms with Gasteiger partial charge >= 0.3 is 5.97 Å². The third-order valence-electron chi connectivity index (χ3n) is 4.49. The number of nitriles is 1. The van der Waals surface area contributed by atoms with Crippen molar-refractivity contribution in [2.45, 2.75) is 32.9 Å². The van der Waals surface area contributed by atoms with Crippen LogP contribution >= 0.6 is 0 Å². The van der Waals surface area contributed by atoms with Gasteiger partial charge in [0.05, 0.1) is 12.2 Å². The minimum Gasteiger partial charge on any atom is -0.444 e. The lowest BCUT2D eigenvalue weighted by Crippen LogP contribution is -2.10. The number of benzene rings is 2. The number of aryl methyl sites for hydroxylation is 1. The monoisotopic (exact) mass is 385 g/mol. The predicted molar refractivity (Wildman–Crippen MR) is 113 cm³/mol. The zero-order chi connectivity index (χ0) is 20.6. The summed E-state index contributed by atoms with van der Waals surface area (Å²) in [7, 11) is 0. The molecule has 1 atom stereocenters. The Balaban J connectivity index is 1.91. The summed E-state index contributed by atoms with van der Waals surface area (Å²) in [6.07, 6.45) is 5.12. The van der Waals surface area contributed by atoms with Crippen LogP contribution in [0.5, 0.6) is 0 Å². The Hall–Kier alpha value is -3.65. The van der Waals surface area contributed by atoms with Gasteiger partial charge in [0.25, 0.3) is 0 Å². The molecule has 1 aromatic heterocycles. The molecule has 0 saturated heterocycles. The first kappa shape index (κ1) is 20.1. The van der Waals surface area contributed by atoms with Gasteiger partial charge in [-0.1, -0.05) is 61.5 Å². The number of hydrogen-bond donors (Lipinski definition) is 0. The second-order valence-corrected chi connectivity index (χ2v) is 6.71. The standard InChI is InChI=1S/C24H23N3O2/c1-3-19-9-11-21(12-10-19)24-22(13-14-23(28)29-18(2)15-25)17-27(26-24)16-20-7-5-4-6-8-20/h4-14,17-18H,3,16H2,1-2H3/b14-13+/t18-/m1/s1. The lowest BCUT2D eigenvalue weighted by Gasteiger charge is -2.03. The minimum absolute atomic E-state index is 0.554. The molecule has 0 aliphatic rings. The van der Waals surface area contributed by atoms with Crippen LogP contribution in [-0.2, 0) is 22.5 Å². The van der Waals surface area contributed by atoms with E-state index >= 15 is 0 Å². The summed E-state index contributed by atoms with van der Waals surface area (Å²) >= 11 is 0. The summed E-state index contributed by atoms with van der Waals surface area (Å²) < 4.78 is 6.85. The summed E-state index contributed by atoms with van der Waals surface area (Å²) in [6.45, 7) is 4.28. The number of ether oxygens (including phenoxy) is 1. The Labute approximate surface area is 170 Å². The molecule has 0 amide bonds. The molecule has 5 nitrogen and oxygen atoms in total. The molecule has 0 N–H and O–H groups in total. The first-order valence-corrected chi connectivity index (χ1v) is 9.58. The SMILES string of the molecule is CCc1ccc(-c2nn(Cc3ccccc3)cc2/C=C/C(=O)O[C@H](C)C#N)cc1. The first-order valence-electron chi connectivity index (χ1n) is 9.58. The maximum Gasteiger partial charge on any atom is 0.332 e. The van der Waals surface area contributed by atoms with Crippen LogP contribution in [0, 0.1) is 11.3 Å². The van der Waals surface area contributed by atoms with Gasteiger partial charge in [0, 0.05) is 23.4 Å². The highest BCUT2D eigenvalue weighted by Gasteiger charge is 2.11. The Morgan fingerprint density at radius 3 is 2.55 bits per heavy atom. The van der Waals surface area contributed by atoms with Gasteiger partial charge in [-0.15, -0.1) is 0 Å². The van der Waals surface area contributed by atoms with Crippen molar-refractivity contribution in [1.29, 1.82) is 5.26 Å². The van der Waals surface area contributed by atoms with Crippen LogP contribution in [0.2, 0.25) is 0 Å². The number of nitrogens with zero attached hydrogens (tertiary/aromatic N) is 3. The van der Waals surface area contributed by atoms with Crippen LogP contribution in [0.25, 0.3) is 17.3 Å². The molecule has 3 aromatic rings. The van der Waals surface area contributed by atoms with Gasteiger partial charge in [-0.25, -0.2) is 4.79 Å². The normalized spacial score (nSPS) is 11.9. The van der Waals surface area contributed by atoms with E-state index in [1.165, 1.54) is 18.6 Å². The maximum atomic E-state index is 11.9. The molecule has 0 aliphatic carbocycles. The average molecular weight is 385 g/mol. The highest BCUT2D eigenvalue weighted by Crippen LogP contribution is 2.24. The number of aromatic nitrogens is 2. The highest BCUT2D eigenvalue weighted by molar-refractivity contribution is 5.88. The molecule has 0 saturated carbocycles. The molecule has 146 valence electrons. The largest absolute Gasteiger partial charge is 0.444 e. The van der Waals surface area contributed by atoms with Gasteiger partial charge in [-0.05, 0) is 30.5 Å². The van der Waals surface area contributed by atoms with Crippen molar-refractivity contribution in [2.24, 2.45) is 0 Å². The maximum absolute atomic E-state index is 11.9. The smallest absolute Gasteiger partial charge is 0.332 e. The van der Waals surface area contributed by atoms with E-state index in [0.29, 0.717) is 6.54 Å². The highest BCUT2D eigenvalue weighted by atomic mass is 16.5. The predicted octanol–water partition coefficient (Wildman–Crippen LogP) is 4.63. The Morgan fingerprint density at radius 1 is 1.17 bits per heavy atom. The number of carbonyl (C=O) groups excluding carboxylic acids is 1. The van der Waals surface area contributed by atoms with Crippen LogP contribution < -0.4 is 0 Å². The summed E-state index contributed by atoms with van der Waals surface area (Å²) in [5.74, 6) is -0.554. The lowest BCUT2D eigenvalue weighted by molar-refractivity contribution is -0.139. The van der Waals surface area contributed by atoms with Gasteiger partial charge in [-0.3, -0.25) is 4.68 Å². The molecule has 5 heteroatoms. The molecule has 2 aromatic carbocycles. The number of carbonyl (C=O) groups is 1. The van der Waals surface area contributed by atoms with Crippen molar-refractivity contribution >= 4 is 12.0 Å². The molecular weight excluding hydrogens is 362 g/mol. The second-order valence-electron chi connectivity index (χ2n) is 6.71.